The van der Waals surface area contributed by atoms with Crippen LogP contribution in [-0.4, -0.2) is 118 Å². The molecule has 0 aromatic carbocycles. The van der Waals surface area contributed by atoms with Crippen LogP contribution in [0.15, 0.2) is 169 Å². The summed E-state index contributed by atoms with van der Waals surface area (Å²) in [5, 5.41) is 58.3. The molecule has 0 aliphatic carbocycles. The Morgan fingerprint density at radius 3 is 1.69 bits per heavy atom. The largest absolute Gasteiger partial charge is 0.294 e. The highest BCUT2D eigenvalue weighted by Gasteiger charge is 2.41. The summed E-state index contributed by atoms with van der Waals surface area (Å²) in [5.74, 6) is 0.780. The molecule has 1 unspecified atom stereocenters. The third kappa shape index (κ3) is 13.6. The molecule has 0 amide bonds. The van der Waals surface area contributed by atoms with Crippen LogP contribution in [0.25, 0.3) is 11.4 Å². The molecule has 0 fully saturated rings. The van der Waals surface area contributed by atoms with Gasteiger partial charge in [0.05, 0.1) is 11.4 Å². The van der Waals surface area contributed by atoms with E-state index in [1.165, 1.54) is 35.3 Å². The Kier molecular flexibility index (Phi) is 17.5. The second-order valence-corrected chi connectivity index (χ2v) is 12.3. The molecule has 1 atom stereocenters. The minimum absolute atomic E-state index is 0.304. The van der Waals surface area contributed by atoms with E-state index in [1.807, 2.05) is 59.5 Å². The number of aliphatic imine (C=N–C) groups is 1. The Hall–Kier alpha value is -8.91. The van der Waals surface area contributed by atoms with Crippen molar-refractivity contribution in [3.05, 3.63) is 187 Å². The summed E-state index contributed by atoms with van der Waals surface area (Å²) in [7, 11) is 0. The van der Waals surface area contributed by atoms with E-state index in [2.05, 4.69) is 112 Å². The maximum Gasteiger partial charge on any atom is 0.223 e. The van der Waals surface area contributed by atoms with E-state index in [9.17, 15) is 0 Å². The molecule has 0 saturated heterocycles. The van der Waals surface area contributed by atoms with Crippen LogP contribution in [0, 0.1) is 0 Å². The van der Waals surface area contributed by atoms with Gasteiger partial charge in [-0.2, -0.15) is 25.7 Å². The molecule has 24 nitrogen and oxygen atoms in total. The fourth-order valence-corrected chi connectivity index (χ4v) is 5.51. The second kappa shape index (κ2) is 25.5. The number of aromatic amines is 2. The van der Waals surface area contributed by atoms with E-state index >= 15 is 0 Å². The zero-order valence-corrected chi connectivity index (χ0v) is 33.5. The van der Waals surface area contributed by atoms with Gasteiger partial charge in [0.1, 0.15) is 46.0 Å². The lowest BCUT2D eigenvalue weighted by Gasteiger charge is -2.35. The Bertz CT molecular complexity index is 2400. The third-order valence-corrected chi connectivity index (χ3v) is 8.10. The first-order valence-electron chi connectivity index (χ1n) is 17.6. The molecule has 0 bridgehead atoms. The van der Waals surface area contributed by atoms with Crippen LogP contribution in [0.3, 0.4) is 0 Å². The van der Waals surface area contributed by atoms with Crippen molar-refractivity contribution in [2.45, 2.75) is 6.04 Å². The van der Waals surface area contributed by atoms with Gasteiger partial charge in [0, 0.05) is 62.0 Å². The summed E-state index contributed by atoms with van der Waals surface area (Å²) in [5.41, 5.74) is 7.74. The number of H-pyrrole nitrogens is 2. The van der Waals surface area contributed by atoms with E-state index in [4.69, 9.17) is 4.99 Å². The molecule has 1 aliphatic rings. The van der Waals surface area contributed by atoms with E-state index in [0.717, 1.165) is 0 Å². The number of hydrogen-bond donors (Lipinski definition) is 2. The van der Waals surface area contributed by atoms with Crippen LogP contribution in [0.1, 0.15) is 29.1 Å². The minimum Gasteiger partial charge on any atom is -0.294 e. The number of anilines is 1. The fourth-order valence-electron chi connectivity index (χ4n) is 4.65. The van der Waals surface area contributed by atoms with Crippen LogP contribution in [0.5, 0.6) is 0 Å². The predicted molar refractivity (Wildman–Crippen MR) is 223 cm³/mol. The standard InChI is InChI=1S/C20H13N13S.C5H5N.2C4H4N2.C2H2N2S.CH2N4/c1-2-7-21-12(5-1)14-17(19-28-31-32-29-19)33(20-30-25-11-34-20)16(18-22-8-4-9-23-18)15(26-14)13-6-3-10-24-27-13;1-2-4-6-5-3-1;1-2-5-4-6-3-1;1-2-4-6-5-3-1;1-3-4-2-5-1;1-2-4-5-3-1/h1-11,16H,(H,28,29,31,32);1-5H;2*1-4H;1-2H;1H,(H,2,3,4,5). The average molecular weight is 863 g/mol. The lowest BCUT2D eigenvalue weighted by molar-refractivity contribution is 0.783. The van der Waals surface area contributed by atoms with E-state index in [1.54, 1.807) is 96.7 Å². The third-order valence-electron chi connectivity index (χ3n) is 6.98. The first kappa shape index (κ1) is 42.7. The van der Waals surface area contributed by atoms with Crippen molar-refractivity contribution < 1.29 is 0 Å². The Balaban J connectivity index is 0.000000181. The van der Waals surface area contributed by atoms with Crippen molar-refractivity contribution in [1.29, 1.82) is 0 Å². The van der Waals surface area contributed by atoms with E-state index in [-0.39, 0.29) is 0 Å². The summed E-state index contributed by atoms with van der Waals surface area (Å²) in [6, 6.07) is 21.4. The summed E-state index contributed by atoms with van der Waals surface area (Å²) in [6.45, 7) is 0. The van der Waals surface area contributed by atoms with Gasteiger partial charge in [0.25, 0.3) is 0 Å². The highest BCUT2D eigenvalue weighted by atomic mass is 32.1. The molecule has 10 aromatic rings. The van der Waals surface area contributed by atoms with Crippen molar-refractivity contribution in [2.75, 3.05) is 4.90 Å². The van der Waals surface area contributed by atoms with Crippen LogP contribution >= 0.6 is 22.7 Å². The number of nitrogens with zero attached hydrogens (tertiary/aromatic N) is 22. The maximum atomic E-state index is 5.02. The van der Waals surface area contributed by atoms with Gasteiger partial charge in [-0.3, -0.25) is 14.9 Å². The molecular weight excluding hydrogens is 833 g/mol. The number of aromatic nitrogens is 22. The highest BCUT2D eigenvalue weighted by Crippen LogP contribution is 2.43. The average Bonchev–Trinajstić information content (AvgIpc) is 4.24. The van der Waals surface area contributed by atoms with Crippen LogP contribution in [0.4, 0.5) is 5.13 Å². The molecule has 2 N–H and O–H groups in total. The fraction of sp³-hybridized carbons (Fsp3) is 0.0278. The monoisotopic (exact) mass is 862 g/mol. The number of rotatable bonds is 5. The predicted octanol–water partition coefficient (Wildman–Crippen LogP) is 3.38. The van der Waals surface area contributed by atoms with Crippen LogP contribution in [0.2, 0.25) is 0 Å². The Morgan fingerprint density at radius 1 is 0.516 bits per heavy atom. The van der Waals surface area contributed by atoms with Crippen LogP contribution < -0.4 is 4.90 Å². The van der Waals surface area contributed by atoms with Gasteiger partial charge in [0.15, 0.2) is 12.2 Å². The normalized spacial score (nSPS) is 12.4. The molecule has 10 aromatic heterocycles. The lowest BCUT2D eigenvalue weighted by atomic mass is 10.00. The summed E-state index contributed by atoms with van der Waals surface area (Å²) in [4.78, 5) is 31.6. The topological polar surface area (TPSA) is 305 Å². The van der Waals surface area contributed by atoms with Crippen molar-refractivity contribution >= 4 is 44.9 Å². The smallest absolute Gasteiger partial charge is 0.223 e. The van der Waals surface area contributed by atoms with Gasteiger partial charge in [-0.15, -0.1) is 57.2 Å². The zero-order chi connectivity index (χ0) is 42.5. The SMILES string of the molecule is c1ccc(C2=C(c3nn[nH]n3)N(c3nncs3)C(c3ncccn3)C(c3cccnn3)=N2)nc1.c1ccncc1.c1ccnnc1.c1cncnc1.c1nn[nH]n1.c1nncs1. The van der Waals surface area contributed by atoms with Gasteiger partial charge in [-0.05, 0) is 65.9 Å². The number of pyridine rings is 2. The van der Waals surface area contributed by atoms with Crippen LogP contribution in [-0.2, 0) is 0 Å². The van der Waals surface area contributed by atoms with Crippen molar-refractivity contribution in [1.82, 2.24) is 112 Å². The van der Waals surface area contributed by atoms with Gasteiger partial charge in [-0.25, -0.2) is 24.9 Å². The summed E-state index contributed by atoms with van der Waals surface area (Å²) < 4.78 is 0. The molecular formula is C36H30N24S2. The number of nitrogens with one attached hydrogen (secondary N) is 2. The molecule has 11 heterocycles. The highest BCUT2D eigenvalue weighted by molar-refractivity contribution is 7.13. The molecule has 0 spiro atoms. The first-order valence-corrected chi connectivity index (χ1v) is 19.4. The maximum absolute atomic E-state index is 5.02. The Morgan fingerprint density at radius 2 is 1.23 bits per heavy atom. The van der Waals surface area contributed by atoms with Gasteiger partial charge in [-0.1, -0.05) is 28.7 Å². The second-order valence-electron chi connectivity index (χ2n) is 10.8. The molecule has 11 rings (SSSR count). The summed E-state index contributed by atoms with van der Waals surface area (Å²) in [6.07, 6.45) is 19.6. The van der Waals surface area contributed by atoms with Gasteiger partial charge in [0.2, 0.25) is 11.0 Å². The Labute approximate surface area is 358 Å². The van der Waals surface area contributed by atoms with E-state index < -0.39 is 6.04 Å². The van der Waals surface area contributed by atoms with Crippen molar-refractivity contribution in [3.8, 4) is 0 Å². The molecule has 0 saturated carbocycles. The molecule has 306 valence electrons. The summed E-state index contributed by atoms with van der Waals surface area (Å²) >= 11 is 2.83. The van der Waals surface area contributed by atoms with E-state index in [0.29, 0.717) is 45.3 Å². The molecule has 0 radical (unpaired) electrons. The van der Waals surface area contributed by atoms with Crippen molar-refractivity contribution in [3.63, 3.8) is 0 Å². The molecule has 62 heavy (non-hydrogen) atoms. The zero-order valence-electron chi connectivity index (χ0n) is 31.8. The number of hydrogen-bond acceptors (Lipinski definition) is 24. The first-order chi connectivity index (χ1) is 30.9. The van der Waals surface area contributed by atoms with Crippen molar-refractivity contribution in [2.24, 2.45) is 4.99 Å². The molecule has 26 heteroatoms. The minimum atomic E-state index is -0.633. The molecule has 1 aliphatic heterocycles. The lowest BCUT2D eigenvalue weighted by Crippen LogP contribution is -2.38. The van der Waals surface area contributed by atoms with Gasteiger partial charge >= 0.3 is 0 Å². The van der Waals surface area contributed by atoms with Gasteiger partial charge < -0.3 is 0 Å². The number of tetrazole rings is 2. The quantitative estimate of drug-likeness (QED) is 0.250.